The predicted molar refractivity (Wildman–Crippen MR) is 109 cm³/mol. The molecule has 8 heteroatoms. The third-order valence-corrected chi connectivity index (χ3v) is 5.74. The maximum Gasteiger partial charge on any atom is 0.229 e. The number of thioether (sulfide) groups is 1. The molecule has 1 aromatic carbocycles. The normalized spacial score (nSPS) is 11.1. The molecule has 0 bridgehead atoms. The predicted octanol–water partition coefficient (Wildman–Crippen LogP) is 3.59. The third-order valence-electron chi connectivity index (χ3n) is 4.69. The minimum absolute atomic E-state index is 0.0631. The second-order valence-electron chi connectivity index (χ2n) is 6.49. The van der Waals surface area contributed by atoms with Crippen molar-refractivity contribution in [1.82, 2.24) is 29.3 Å². The highest BCUT2D eigenvalue weighted by Gasteiger charge is 2.19. The third kappa shape index (κ3) is 3.27. The molecule has 0 saturated carbocycles. The van der Waals surface area contributed by atoms with Crippen molar-refractivity contribution in [2.45, 2.75) is 19.0 Å². The van der Waals surface area contributed by atoms with Crippen LogP contribution in [0, 0.1) is 13.8 Å². The number of nitrogens with zero attached hydrogens (tertiary/aromatic N) is 5. The fourth-order valence-corrected chi connectivity index (χ4v) is 4.12. The number of Topliss-reactive ketones (excluding diaryl/α,β-unsaturated/α-hetero) is 1. The average Bonchev–Trinajstić information content (AvgIpc) is 3.41. The van der Waals surface area contributed by atoms with E-state index in [1.807, 2.05) is 60.5 Å². The van der Waals surface area contributed by atoms with Crippen LogP contribution in [-0.4, -0.2) is 40.8 Å². The van der Waals surface area contributed by atoms with Crippen LogP contribution in [0.1, 0.15) is 21.7 Å². The smallest absolute Gasteiger partial charge is 0.229 e. The van der Waals surface area contributed by atoms with Gasteiger partial charge in [0.05, 0.1) is 17.6 Å². The summed E-state index contributed by atoms with van der Waals surface area (Å²) in [6, 6.07) is 12.0. The van der Waals surface area contributed by atoms with E-state index in [4.69, 9.17) is 0 Å². The summed E-state index contributed by atoms with van der Waals surface area (Å²) in [6.45, 7) is 3.87. The summed E-state index contributed by atoms with van der Waals surface area (Å²) < 4.78 is 3.92. The van der Waals surface area contributed by atoms with Crippen molar-refractivity contribution in [2.24, 2.45) is 7.05 Å². The molecular formula is C20H20N6OS. The Morgan fingerprint density at radius 2 is 1.96 bits per heavy atom. The molecule has 0 radical (unpaired) electrons. The number of hydrogen-bond donors (Lipinski definition) is 1. The van der Waals surface area contributed by atoms with Gasteiger partial charge in [0.15, 0.2) is 10.9 Å². The summed E-state index contributed by atoms with van der Waals surface area (Å²) >= 11 is 1.44. The highest BCUT2D eigenvalue weighted by atomic mass is 32.2. The highest BCUT2D eigenvalue weighted by molar-refractivity contribution is 7.99. The molecule has 1 N–H and O–H groups in total. The van der Waals surface area contributed by atoms with Crippen LogP contribution in [0.5, 0.6) is 0 Å². The molecule has 28 heavy (non-hydrogen) atoms. The monoisotopic (exact) mass is 392 g/mol. The fraction of sp³-hybridized carbons (Fsp3) is 0.200. The van der Waals surface area contributed by atoms with Crippen molar-refractivity contribution in [3.8, 4) is 17.2 Å². The van der Waals surface area contributed by atoms with E-state index in [-0.39, 0.29) is 5.78 Å². The van der Waals surface area contributed by atoms with Gasteiger partial charge in [-0.1, -0.05) is 42.1 Å². The number of aryl methyl sites for hydroxylation is 1. The van der Waals surface area contributed by atoms with Crippen LogP contribution in [0.15, 0.2) is 54.1 Å². The van der Waals surface area contributed by atoms with Crippen LogP contribution in [0.2, 0.25) is 0 Å². The number of carbonyl (C=O) groups excluding carboxylic acids is 1. The quantitative estimate of drug-likeness (QED) is 0.401. The lowest BCUT2D eigenvalue weighted by Gasteiger charge is -2.06. The number of hydrogen-bond acceptors (Lipinski definition) is 5. The number of ketones is 1. The van der Waals surface area contributed by atoms with Crippen LogP contribution >= 0.6 is 11.8 Å². The molecule has 7 nitrogen and oxygen atoms in total. The maximum atomic E-state index is 12.8. The molecule has 142 valence electrons. The number of rotatable bonds is 6. The number of benzene rings is 1. The zero-order chi connectivity index (χ0) is 19.7. The van der Waals surface area contributed by atoms with Crippen LogP contribution < -0.4 is 0 Å². The number of nitrogens with one attached hydrogen (secondary N) is 1. The average molecular weight is 392 g/mol. The Morgan fingerprint density at radius 3 is 2.68 bits per heavy atom. The summed E-state index contributed by atoms with van der Waals surface area (Å²) in [6.07, 6.45) is 3.30. The molecule has 3 heterocycles. The summed E-state index contributed by atoms with van der Waals surface area (Å²) in [7, 11) is 1.97. The maximum absolute atomic E-state index is 12.8. The minimum atomic E-state index is 0.0631. The van der Waals surface area contributed by atoms with Crippen molar-refractivity contribution in [1.29, 1.82) is 0 Å². The molecule has 0 spiro atoms. The van der Waals surface area contributed by atoms with E-state index in [9.17, 15) is 4.79 Å². The van der Waals surface area contributed by atoms with Crippen LogP contribution in [0.4, 0.5) is 0 Å². The summed E-state index contributed by atoms with van der Waals surface area (Å²) in [5.41, 5.74) is 4.61. The SMILES string of the molecule is Cc1cc(C(=O)CSc2ncc(-c3ccccc3)n2C)c(C)n1-c1ncn[nH]1. The lowest BCUT2D eigenvalue weighted by atomic mass is 10.2. The highest BCUT2D eigenvalue weighted by Crippen LogP contribution is 2.26. The van der Waals surface area contributed by atoms with Gasteiger partial charge in [0.25, 0.3) is 0 Å². The Hall–Kier alpha value is -3.13. The van der Waals surface area contributed by atoms with E-state index in [0.717, 1.165) is 27.8 Å². The fourth-order valence-electron chi connectivity index (χ4n) is 3.29. The van der Waals surface area contributed by atoms with Gasteiger partial charge in [-0.15, -0.1) is 0 Å². The Morgan fingerprint density at radius 1 is 1.18 bits per heavy atom. The van der Waals surface area contributed by atoms with Gasteiger partial charge in [0, 0.05) is 24.0 Å². The van der Waals surface area contributed by atoms with Gasteiger partial charge in [-0.05, 0) is 25.5 Å². The van der Waals surface area contributed by atoms with Crippen LogP contribution in [0.25, 0.3) is 17.2 Å². The standard InChI is InChI=1S/C20H20N6OS/c1-13-9-16(14(2)26(13)19-22-12-23-24-19)18(27)11-28-20-21-10-17(25(20)3)15-7-5-4-6-8-15/h4-10,12H,11H2,1-3H3,(H,22,23,24). The lowest BCUT2D eigenvalue weighted by Crippen LogP contribution is -2.07. The molecular weight excluding hydrogens is 372 g/mol. The second-order valence-corrected chi connectivity index (χ2v) is 7.43. The Labute approximate surface area is 166 Å². The molecule has 4 aromatic rings. The molecule has 0 aliphatic rings. The van der Waals surface area contributed by atoms with Crippen LogP contribution in [-0.2, 0) is 7.05 Å². The Kier molecular flexibility index (Phi) is 4.87. The molecule has 0 unspecified atom stereocenters. The zero-order valence-electron chi connectivity index (χ0n) is 15.9. The Bertz CT molecular complexity index is 1110. The first-order chi connectivity index (χ1) is 13.6. The second kappa shape index (κ2) is 7.47. The van der Waals surface area contributed by atoms with Crippen molar-refractivity contribution in [3.05, 3.63) is 65.9 Å². The van der Waals surface area contributed by atoms with E-state index in [2.05, 4.69) is 32.3 Å². The molecule has 0 fully saturated rings. The van der Waals surface area contributed by atoms with Gasteiger partial charge >= 0.3 is 0 Å². The molecule has 0 aliphatic heterocycles. The van der Waals surface area contributed by atoms with E-state index in [0.29, 0.717) is 17.3 Å². The van der Waals surface area contributed by atoms with E-state index in [1.165, 1.54) is 18.1 Å². The van der Waals surface area contributed by atoms with Gasteiger partial charge < -0.3 is 4.57 Å². The number of aromatic nitrogens is 6. The van der Waals surface area contributed by atoms with Crippen molar-refractivity contribution < 1.29 is 4.79 Å². The first-order valence-corrected chi connectivity index (χ1v) is 9.82. The first-order valence-electron chi connectivity index (χ1n) is 8.84. The van der Waals surface area contributed by atoms with Gasteiger partial charge in [0.1, 0.15) is 6.33 Å². The molecule has 0 aliphatic carbocycles. The summed E-state index contributed by atoms with van der Waals surface area (Å²) in [4.78, 5) is 21.5. The van der Waals surface area contributed by atoms with Crippen molar-refractivity contribution >= 4 is 17.5 Å². The molecule has 3 aromatic heterocycles. The molecule has 4 rings (SSSR count). The largest absolute Gasteiger partial charge is 0.322 e. The number of H-pyrrole nitrogens is 1. The minimum Gasteiger partial charge on any atom is -0.322 e. The molecule has 0 atom stereocenters. The van der Waals surface area contributed by atoms with Gasteiger partial charge in [-0.2, -0.15) is 10.1 Å². The first kappa shape index (κ1) is 18.2. The van der Waals surface area contributed by atoms with E-state index < -0.39 is 0 Å². The molecule has 0 amide bonds. The van der Waals surface area contributed by atoms with Gasteiger partial charge in [-0.25, -0.2) is 10.1 Å². The van der Waals surface area contributed by atoms with Gasteiger partial charge in [0.2, 0.25) is 5.95 Å². The topological polar surface area (TPSA) is 81.4 Å². The van der Waals surface area contributed by atoms with Crippen molar-refractivity contribution in [3.63, 3.8) is 0 Å². The Balaban J connectivity index is 1.52. The van der Waals surface area contributed by atoms with E-state index in [1.54, 1.807) is 0 Å². The van der Waals surface area contributed by atoms with Crippen molar-refractivity contribution in [2.75, 3.05) is 5.75 Å². The van der Waals surface area contributed by atoms with Crippen LogP contribution in [0.3, 0.4) is 0 Å². The summed E-state index contributed by atoms with van der Waals surface area (Å²) in [5.74, 6) is 0.992. The number of imidazole rings is 1. The lowest BCUT2D eigenvalue weighted by molar-refractivity contribution is 0.102. The molecule has 0 saturated heterocycles. The van der Waals surface area contributed by atoms with E-state index >= 15 is 0 Å². The number of aromatic amines is 1. The summed E-state index contributed by atoms with van der Waals surface area (Å²) in [5, 5.41) is 7.55. The van der Waals surface area contributed by atoms with Gasteiger partial charge in [-0.3, -0.25) is 9.36 Å². The number of carbonyl (C=O) groups is 1. The zero-order valence-corrected chi connectivity index (χ0v) is 16.7.